The molecule has 1 aromatic heterocycles. The highest BCUT2D eigenvalue weighted by atomic mass is 16.1. The van der Waals surface area contributed by atoms with E-state index in [4.69, 9.17) is 0 Å². The van der Waals surface area contributed by atoms with Gasteiger partial charge in [0, 0.05) is 25.5 Å². The third-order valence-corrected chi connectivity index (χ3v) is 2.49. The monoisotopic (exact) mass is 237 g/mol. The maximum absolute atomic E-state index is 12.0. The fourth-order valence-electron chi connectivity index (χ4n) is 1.58. The molecule has 0 saturated heterocycles. The van der Waals surface area contributed by atoms with Gasteiger partial charge in [0.05, 0.1) is 0 Å². The Labute approximate surface area is 103 Å². The Hall–Kier alpha value is -1.32. The zero-order valence-electron chi connectivity index (χ0n) is 11.2. The summed E-state index contributed by atoms with van der Waals surface area (Å²) in [5, 5.41) is 3.11. The first-order valence-corrected chi connectivity index (χ1v) is 6.30. The normalized spacial score (nSPS) is 11.2. The van der Waals surface area contributed by atoms with Gasteiger partial charge in [-0.05, 0) is 18.3 Å². The summed E-state index contributed by atoms with van der Waals surface area (Å²) in [7, 11) is 0. The minimum absolute atomic E-state index is 0.0232. The number of hydrogen-bond donors (Lipinski definition) is 1. The first kappa shape index (κ1) is 13.7. The molecule has 0 aliphatic rings. The molecular weight excluding hydrogens is 214 g/mol. The molecule has 0 saturated carbocycles. The van der Waals surface area contributed by atoms with Gasteiger partial charge in [-0.2, -0.15) is 0 Å². The predicted molar refractivity (Wildman–Crippen MR) is 71.3 cm³/mol. The minimum atomic E-state index is -0.0232. The van der Waals surface area contributed by atoms with Crippen molar-refractivity contribution in [1.29, 1.82) is 0 Å². The predicted octanol–water partition coefficient (Wildman–Crippen LogP) is 2.36. The Morgan fingerprint density at radius 1 is 1.29 bits per heavy atom. The molecule has 0 atom stereocenters. The number of anilines is 1. The zero-order chi connectivity index (χ0) is 12.8. The van der Waals surface area contributed by atoms with Crippen LogP contribution >= 0.6 is 0 Å². The molecule has 0 radical (unpaired) electrons. The third-order valence-electron chi connectivity index (χ3n) is 2.49. The van der Waals surface area contributed by atoms with E-state index in [1.807, 2.05) is 0 Å². The summed E-state index contributed by atoms with van der Waals surface area (Å²) >= 11 is 0. The van der Waals surface area contributed by atoms with E-state index < -0.39 is 0 Å². The van der Waals surface area contributed by atoms with E-state index in [1.54, 1.807) is 17.0 Å². The van der Waals surface area contributed by atoms with Crippen molar-refractivity contribution in [2.75, 3.05) is 11.9 Å². The topological polar surface area (TPSA) is 46.9 Å². The Kier molecular flexibility index (Phi) is 5.19. The molecule has 0 unspecified atom stereocenters. The summed E-state index contributed by atoms with van der Waals surface area (Å²) in [5.74, 6) is 1.55. The number of nitrogens with zero attached hydrogens (tertiary/aromatic N) is 2. The van der Waals surface area contributed by atoms with Crippen LogP contribution in [0.15, 0.2) is 17.2 Å². The van der Waals surface area contributed by atoms with Crippen LogP contribution in [0.3, 0.4) is 0 Å². The van der Waals surface area contributed by atoms with E-state index in [1.165, 1.54) is 0 Å². The van der Waals surface area contributed by atoms with Crippen LogP contribution in [-0.4, -0.2) is 16.1 Å². The summed E-state index contributed by atoms with van der Waals surface area (Å²) in [6, 6.07) is 0. The van der Waals surface area contributed by atoms with Gasteiger partial charge in [-0.3, -0.25) is 4.79 Å². The average Bonchev–Trinajstić information content (AvgIpc) is 2.22. The Morgan fingerprint density at radius 3 is 2.59 bits per heavy atom. The molecule has 4 heteroatoms. The van der Waals surface area contributed by atoms with Gasteiger partial charge in [0.2, 0.25) is 0 Å². The van der Waals surface area contributed by atoms with Crippen LogP contribution in [0.1, 0.15) is 34.1 Å². The first-order chi connectivity index (χ1) is 8.00. The summed E-state index contributed by atoms with van der Waals surface area (Å²) < 4.78 is 1.72. The molecule has 0 fully saturated rings. The molecule has 1 aromatic rings. The van der Waals surface area contributed by atoms with Crippen LogP contribution in [0, 0.1) is 11.8 Å². The van der Waals surface area contributed by atoms with Crippen LogP contribution < -0.4 is 10.9 Å². The van der Waals surface area contributed by atoms with Crippen molar-refractivity contribution < 1.29 is 0 Å². The fourth-order valence-corrected chi connectivity index (χ4v) is 1.58. The van der Waals surface area contributed by atoms with Gasteiger partial charge in [-0.25, -0.2) is 4.98 Å². The molecule has 0 amide bonds. The molecule has 4 nitrogen and oxygen atoms in total. The maximum atomic E-state index is 12.0. The van der Waals surface area contributed by atoms with Gasteiger partial charge in [0.1, 0.15) is 0 Å². The second-order valence-corrected chi connectivity index (χ2v) is 5.24. The Morgan fingerprint density at radius 2 is 2.00 bits per heavy atom. The van der Waals surface area contributed by atoms with Crippen molar-refractivity contribution in [3.63, 3.8) is 0 Å². The quantitative estimate of drug-likeness (QED) is 0.826. The van der Waals surface area contributed by atoms with Crippen LogP contribution in [0.2, 0.25) is 0 Å². The lowest BCUT2D eigenvalue weighted by Gasteiger charge is -2.11. The molecule has 0 spiro atoms. The van der Waals surface area contributed by atoms with Gasteiger partial charge in [0.15, 0.2) is 5.82 Å². The minimum Gasteiger partial charge on any atom is -0.365 e. The molecule has 0 aliphatic carbocycles. The highest BCUT2D eigenvalue weighted by Gasteiger charge is 2.05. The highest BCUT2D eigenvalue weighted by molar-refractivity contribution is 5.30. The Bertz CT molecular complexity index is 396. The summed E-state index contributed by atoms with van der Waals surface area (Å²) in [4.78, 5) is 16.1. The van der Waals surface area contributed by atoms with Crippen molar-refractivity contribution in [3.8, 4) is 0 Å². The molecular formula is C13H23N3O. The van der Waals surface area contributed by atoms with E-state index in [-0.39, 0.29) is 5.56 Å². The van der Waals surface area contributed by atoms with Gasteiger partial charge in [-0.1, -0.05) is 27.7 Å². The maximum Gasteiger partial charge on any atom is 0.293 e. The van der Waals surface area contributed by atoms with Gasteiger partial charge in [-0.15, -0.1) is 0 Å². The van der Waals surface area contributed by atoms with Crippen molar-refractivity contribution in [2.24, 2.45) is 11.8 Å². The van der Waals surface area contributed by atoms with Crippen molar-refractivity contribution in [3.05, 3.63) is 22.7 Å². The number of nitrogens with one attached hydrogen (secondary N) is 1. The highest BCUT2D eigenvalue weighted by Crippen LogP contribution is 2.01. The molecule has 1 rings (SSSR count). The first-order valence-electron chi connectivity index (χ1n) is 6.30. The van der Waals surface area contributed by atoms with E-state index in [2.05, 4.69) is 38.0 Å². The van der Waals surface area contributed by atoms with Crippen molar-refractivity contribution in [1.82, 2.24) is 9.55 Å². The third kappa shape index (κ3) is 4.59. The van der Waals surface area contributed by atoms with Gasteiger partial charge in [0.25, 0.3) is 5.56 Å². The SMILES string of the molecule is CC(C)CCNc1nccn(CC(C)C)c1=O. The Balaban J connectivity index is 2.70. The molecule has 0 aromatic carbocycles. The molecule has 1 N–H and O–H groups in total. The summed E-state index contributed by atoms with van der Waals surface area (Å²) in [5.41, 5.74) is -0.0232. The van der Waals surface area contributed by atoms with Crippen LogP contribution in [0.25, 0.3) is 0 Å². The molecule has 1 heterocycles. The lowest BCUT2D eigenvalue weighted by Crippen LogP contribution is -2.26. The largest absolute Gasteiger partial charge is 0.365 e. The lowest BCUT2D eigenvalue weighted by molar-refractivity contribution is 0.509. The van der Waals surface area contributed by atoms with E-state index in [0.29, 0.717) is 17.7 Å². The van der Waals surface area contributed by atoms with Gasteiger partial charge >= 0.3 is 0 Å². The fraction of sp³-hybridized carbons (Fsp3) is 0.692. The molecule has 96 valence electrons. The second-order valence-electron chi connectivity index (χ2n) is 5.24. The zero-order valence-corrected chi connectivity index (χ0v) is 11.2. The molecule has 0 bridgehead atoms. The van der Waals surface area contributed by atoms with E-state index in [9.17, 15) is 4.79 Å². The lowest BCUT2D eigenvalue weighted by atomic mass is 10.1. The van der Waals surface area contributed by atoms with Crippen molar-refractivity contribution >= 4 is 5.82 Å². The van der Waals surface area contributed by atoms with E-state index in [0.717, 1.165) is 19.5 Å². The number of rotatable bonds is 6. The standard InChI is InChI=1S/C13H23N3O/c1-10(2)5-6-14-12-13(17)16(8-7-15-12)9-11(3)4/h7-8,10-11H,5-6,9H2,1-4H3,(H,14,15). The van der Waals surface area contributed by atoms with Crippen LogP contribution in [0.5, 0.6) is 0 Å². The van der Waals surface area contributed by atoms with Crippen LogP contribution in [-0.2, 0) is 6.54 Å². The molecule has 17 heavy (non-hydrogen) atoms. The van der Waals surface area contributed by atoms with Gasteiger partial charge < -0.3 is 9.88 Å². The van der Waals surface area contributed by atoms with Crippen LogP contribution in [0.4, 0.5) is 5.82 Å². The summed E-state index contributed by atoms with van der Waals surface area (Å²) in [6.07, 6.45) is 4.47. The molecule has 0 aliphatic heterocycles. The second kappa shape index (κ2) is 6.42. The van der Waals surface area contributed by atoms with E-state index >= 15 is 0 Å². The number of aromatic nitrogens is 2. The number of hydrogen-bond acceptors (Lipinski definition) is 3. The smallest absolute Gasteiger partial charge is 0.293 e. The average molecular weight is 237 g/mol. The van der Waals surface area contributed by atoms with Crippen molar-refractivity contribution in [2.45, 2.75) is 40.7 Å². The summed E-state index contributed by atoms with van der Waals surface area (Å²) in [6.45, 7) is 10.1.